The molecule has 26 heavy (non-hydrogen) atoms. The van der Waals surface area contributed by atoms with Gasteiger partial charge in [-0.15, -0.1) is 0 Å². The van der Waals surface area contributed by atoms with Crippen LogP contribution in [0.1, 0.15) is 18.4 Å². The van der Waals surface area contributed by atoms with Crippen LogP contribution in [-0.4, -0.2) is 58.7 Å². The molecule has 1 unspecified atom stereocenters. The quantitative estimate of drug-likeness (QED) is 0.370. The molecule has 1 saturated heterocycles. The maximum atomic E-state index is 11.2. The van der Waals surface area contributed by atoms with Gasteiger partial charge in [-0.1, -0.05) is 12.1 Å². The molecule has 3 N–H and O–H groups in total. The minimum Gasteiger partial charge on any atom is -0.453 e. The highest BCUT2D eigenvalue weighted by Gasteiger charge is 2.15. The van der Waals surface area contributed by atoms with Crippen LogP contribution in [0.3, 0.4) is 0 Å². The molecule has 0 radical (unpaired) electrons. The van der Waals surface area contributed by atoms with Crippen LogP contribution in [0, 0.1) is 0 Å². The van der Waals surface area contributed by atoms with Crippen molar-refractivity contribution in [1.29, 1.82) is 0 Å². The summed E-state index contributed by atoms with van der Waals surface area (Å²) in [6.07, 6.45) is 1.67. The first kappa shape index (κ1) is 20.0. The topological polar surface area (TPSA) is 93.2 Å². The number of carbonyl (C=O) groups is 1. The summed E-state index contributed by atoms with van der Waals surface area (Å²) in [6, 6.07) is 7.52. The molecule has 0 aliphatic carbocycles. The smallest absolute Gasteiger partial charge is 0.411 e. The number of carbonyl (C=O) groups excluding carboxylic acids is 1. The van der Waals surface area contributed by atoms with Crippen LogP contribution in [0.5, 0.6) is 0 Å². The second-order valence-corrected chi connectivity index (χ2v) is 5.88. The summed E-state index contributed by atoms with van der Waals surface area (Å²) in [5.74, 6) is 0.742. The van der Waals surface area contributed by atoms with Crippen molar-refractivity contribution < 1.29 is 19.0 Å². The van der Waals surface area contributed by atoms with Crippen molar-refractivity contribution in [2.75, 3.05) is 45.8 Å². The monoisotopic (exact) mass is 364 g/mol. The normalized spacial score (nSPS) is 17.0. The summed E-state index contributed by atoms with van der Waals surface area (Å²) in [4.78, 5) is 15.4. The molecule has 1 amide bonds. The zero-order chi connectivity index (χ0) is 18.6. The Morgan fingerprint density at radius 2 is 2.12 bits per heavy atom. The summed E-state index contributed by atoms with van der Waals surface area (Å²) in [5, 5.41) is 9.14. The van der Waals surface area contributed by atoms with Crippen molar-refractivity contribution in [2.45, 2.75) is 25.5 Å². The van der Waals surface area contributed by atoms with Crippen LogP contribution in [0.15, 0.2) is 29.3 Å². The Morgan fingerprint density at radius 3 is 2.77 bits per heavy atom. The van der Waals surface area contributed by atoms with E-state index in [1.165, 1.54) is 7.11 Å². The summed E-state index contributed by atoms with van der Waals surface area (Å²) in [6.45, 7) is 3.65. The van der Waals surface area contributed by atoms with E-state index >= 15 is 0 Å². The molecule has 1 atom stereocenters. The molecule has 1 aliphatic heterocycles. The van der Waals surface area contributed by atoms with Crippen molar-refractivity contribution >= 4 is 17.7 Å². The first-order chi connectivity index (χ1) is 12.7. The zero-order valence-electron chi connectivity index (χ0n) is 15.4. The number of nitrogens with zero attached hydrogens (tertiary/aromatic N) is 1. The summed E-state index contributed by atoms with van der Waals surface area (Å²) in [5.41, 5.74) is 1.77. The molecule has 0 bridgehead atoms. The van der Waals surface area contributed by atoms with Gasteiger partial charge in [-0.2, -0.15) is 0 Å². The molecule has 8 heteroatoms. The third-order valence-corrected chi connectivity index (χ3v) is 3.92. The Kier molecular flexibility index (Phi) is 8.71. The molecule has 2 rings (SSSR count). The fraction of sp³-hybridized carbons (Fsp3) is 0.556. The predicted octanol–water partition coefficient (Wildman–Crippen LogP) is 1.73. The third-order valence-electron chi connectivity index (χ3n) is 3.92. The van der Waals surface area contributed by atoms with E-state index in [1.807, 2.05) is 24.3 Å². The van der Waals surface area contributed by atoms with E-state index in [0.717, 1.165) is 37.5 Å². The van der Waals surface area contributed by atoms with Crippen molar-refractivity contribution in [1.82, 2.24) is 10.6 Å². The molecule has 0 spiro atoms. The Balaban J connectivity index is 1.62. The van der Waals surface area contributed by atoms with Crippen molar-refractivity contribution in [3.05, 3.63) is 29.8 Å². The molecule has 0 saturated carbocycles. The van der Waals surface area contributed by atoms with Gasteiger partial charge in [0.25, 0.3) is 0 Å². The van der Waals surface area contributed by atoms with Gasteiger partial charge in [0.15, 0.2) is 5.96 Å². The fourth-order valence-electron chi connectivity index (χ4n) is 2.45. The Labute approximate surface area is 154 Å². The first-order valence-corrected chi connectivity index (χ1v) is 8.79. The van der Waals surface area contributed by atoms with Crippen molar-refractivity contribution in [3.8, 4) is 0 Å². The van der Waals surface area contributed by atoms with E-state index in [1.54, 1.807) is 7.05 Å². The van der Waals surface area contributed by atoms with Gasteiger partial charge < -0.3 is 24.8 Å². The van der Waals surface area contributed by atoms with E-state index in [2.05, 4.69) is 25.7 Å². The summed E-state index contributed by atoms with van der Waals surface area (Å²) >= 11 is 0. The molecule has 144 valence electrons. The van der Waals surface area contributed by atoms with Crippen LogP contribution < -0.4 is 16.0 Å². The van der Waals surface area contributed by atoms with E-state index in [4.69, 9.17) is 9.47 Å². The maximum Gasteiger partial charge on any atom is 0.411 e. The maximum absolute atomic E-state index is 11.2. The number of hydrogen-bond donors (Lipinski definition) is 3. The minimum absolute atomic E-state index is 0.254. The number of benzene rings is 1. The number of rotatable bonds is 8. The number of aliphatic imine (C=N–C) groups is 1. The highest BCUT2D eigenvalue weighted by molar-refractivity contribution is 5.84. The minimum atomic E-state index is -0.482. The Bertz CT molecular complexity index is 571. The molecule has 1 heterocycles. The van der Waals surface area contributed by atoms with Gasteiger partial charge in [-0.05, 0) is 30.5 Å². The third kappa shape index (κ3) is 7.28. The molecule has 0 aromatic heterocycles. The van der Waals surface area contributed by atoms with Gasteiger partial charge in [0.2, 0.25) is 0 Å². The van der Waals surface area contributed by atoms with Crippen LogP contribution in [0.4, 0.5) is 10.5 Å². The van der Waals surface area contributed by atoms with Gasteiger partial charge in [0.05, 0.1) is 19.8 Å². The van der Waals surface area contributed by atoms with E-state index in [9.17, 15) is 4.79 Å². The zero-order valence-corrected chi connectivity index (χ0v) is 15.4. The number of ether oxygens (including phenoxy) is 3. The average Bonchev–Trinajstić information content (AvgIpc) is 3.18. The molecule has 1 fully saturated rings. The number of amides is 1. The molecular formula is C18H28N4O4. The van der Waals surface area contributed by atoms with E-state index in [-0.39, 0.29) is 6.10 Å². The second-order valence-electron chi connectivity index (χ2n) is 5.88. The molecule has 8 nitrogen and oxygen atoms in total. The van der Waals surface area contributed by atoms with Crippen molar-refractivity contribution in [3.63, 3.8) is 0 Å². The van der Waals surface area contributed by atoms with Gasteiger partial charge in [0.1, 0.15) is 0 Å². The number of hydrogen-bond acceptors (Lipinski definition) is 5. The molecule has 1 aromatic rings. The lowest BCUT2D eigenvalue weighted by Crippen LogP contribution is -2.37. The van der Waals surface area contributed by atoms with Crippen molar-refractivity contribution in [2.24, 2.45) is 4.99 Å². The summed E-state index contributed by atoms with van der Waals surface area (Å²) < 4.78 is 15.6. The lowest BCUT2D eigenvalue weighted by molar-refractivity contribution is 0.0420. The molecular weight excluding hydrogens is 336 g/mol. The second kappa shape index (κ2) is 11.3. The van der Waals surface area contributed by atoms with Gasteiger partial charge in [-0.25, -0.2) is 4.79 Å². The fourth-order valence-corrected chi connectivity index (χ4v) is 2.45. The molecule has 1 aromatic carbocycles. The van der Waals surface area contributed by atoms with Gasteiger partial charge in [-0.3, -0.25) is 10.3 Å². The van der Waals surface area contributed by atoms with E-state index in [0.29, 0.717) is 25.4 Å². The highest BCUT2D eigenvalue weighted by Crippen LogP contribution is 2.10. The predicted molar refractivity (Wildman–Crippen MR) is 100 cm³/mol. The Morgan fingerprint density at radius 1 is 1.31 bits per heavy atom. The largest absolute Gasteiger partial charge is 0.453 e. The lowest BCUT2D eigenvalue weighted by Gasteiger charge is -2.13. The first-order valence-electron chi connectivity index (χ1n) is 8.79. The molecule has 1 aliphatic rings. The van der Waals surface area contributed by atoms with Crippen LogP contribution in [-0.2, 0) is 20.8 Å². The SMILES string of the molecule is CN=C(NCCCOC1CCOC1)NCc1ccc(NC(=O)OC)cc1. The van der Waals surface area contributed by atoms with Gasteiger partial charge in [0, 0.05) is 39.0 Å². The van der Waals surface area contributed by atoms with Crippen LogP contribution in [0.2, 0.25) is 0 Å². The lowest BCUT2D eigenvalue weighted by atomic mass is 10.2. The van der Waals surface area contributed by atoms with Crippen LogP contribution >= 0.6 is 0 Å². The number of guanidine groups is 1. The highest BCUT2D eigenvalue weighted by atomic mass is 16.5. The van der Waals surface area contributed by atoms with E-state index < -0.39 is 6.09 Å². The van der Waals surface area contributed by atoms with Gasteiger partial charge >= 0.3 is 6.09 Å². The average molecular weight is 364 g/mol. The number of anilines is 1. The standard InChI is InChI=1S/C18H28N4O4/c1-19-17(20-9-3-10-26-16-8-11-25-13-16)21-12-14-4-6-15(7-5-14)22-18(23)24-2/h4-7,16H,3,8-13H2,1-2H3,(H,22,23)(H2,19,20,21). The summed E-state index contributed by atoms with van der Waals surface area (Å²) in [7, 11) is 3.08. The number of nitrogens with one attached hydrogen (secondary N) is 3. The van der Waals surface area contributed by atoms with Crippen LogP contribution in [0.25, 0.3) is 0 Å². The number of methoxy groups -OCH3 is 1. The Hall–Kier alpha value is -2.32.